The Labute approximate surface area is 243 Å². The lowest BCUT2D eigenvalue weighted by Crippen LogP contribution is -2.26. The molecule has 3 heterocycles. The van der Waals surface area contributed by atoms with Crippen LogP contribution in [0.4, 0.5) is 0 Å². The Balaban J connectivity index is 1.28. The van der Waals surface area contributed by atoms with Gasteiger partial charge in [-0.25, -0.2) is 4.98 Å². The van der Waals surface area contributed by atoms with Gasteiger partial charge in [-0.2, -0.15) is 0 Å². The Bertz CT molecular complexity index is 1590. The number of thiazole rings is 1. The highest BCUT2D eigenvalue weighted by molar-refractivity contribution is 7.98. The summed E-state index contributed by atoms with van der Waals surface area (Å²) in [4.78, 5) is 21.3. The van der Waals surface area contributed by atoms with E-state index in [-0.39, 0.29) is 5.91 Å². The molecular formula is C27H22Cl2N6O2S2. The number of hydrogen-bond donors (Lipinski definition) is 1. The maximum atomic E-state index is 12.7. The number of rotatable bonds is 10. The minimum absolute atomic E-state index is 0.232. The summed E-state index contributed by atoms with van der Waals surface area (Å²) < 4.78 is 7.57. The van der Waals surface area contributed by atoms with Gasteiger partial charge in [0.2, 0.25) is 0 Å². The molecule has 0 aliphatic rings. The minimum Gasteiger partial charge on any atom is -0.495 e. The van der Waals surface area contributed by atoms with Gasteiger partial charge in [-0.3, -0.25) is 14.3 Å². The first kappa shape index (κ1) is 27.1. The van der Waals surface area contributed by atoms with Crippen LogP contribution in [0.15, 0.2) is 77.5 Å². The Morgan fingerprint density at radius 2 is 1.92 bits per heavy atom. The maximum absolute atomic E-state index is 12.7. The average Bonchev–Trinajstić information content (AvgIpc) is 3.61. The van der Waals surface area contributed by atoms with E-state index in [1.165, 1.54) is 23.1 Å². The topological polar surface area (TPSA) is 94.8 Å². The van der Waals surface area contributed by atoms with Crippen molar-refractivity contribution in [3.05, 3.63) is 98.7 Å². The Morgan fingerprint density at radius 3 is 2.72 bits per heavy atom. The summed E-state index contributed by atoms with van der Waals surface area (Å²) in [6.45, 7) is 0.432. The molecule has 0 radical (unpaired) electrons. The van der Waals surface area contributed by atoms with Gasteiger partial charge < -0.3 is 10.1 Å². The molecule has 0 aliphatic heterocycles. The summed E-state index contributed by atoms with van der Waals surface area (Å²) >= 11 is 15.1. The molecule has 3 aromatic heterocycles. The van der Waals surface area contributed by atoms with E-state index in [0.29, 0.717) is 51.2 Å². The number of halogens is 2. The molecule has 5 rings (SSSR count). The van der Waals surface area contributed by atoms with Gasteiger partial charge in [-0.05, 0) is 48.4 Å². The lowest BCUT2D eigenvalue weighted by atomic mass is 10.1. The molecule has 0 aliphatic carbocycles. The molecule has 0 saturated carbocycles. The van der Waals surface area contributed by atoms with Crippen molar-refractivity contribution < 1.29 is 9.53 Å². The lowest BCUT2D eigenvalue weighted by molar-refractivity contribution is 0.0949. The molecule has 12 heteroatoms. The fourth-order valence-corrected chi connectivity index (χ4v) is 6.06. The molecule has 1 N–H and O–H groups in total. The van der Waals surface area contributed by atoms with Crippen LogP contribution >= 0.6 is 46.3 Å². The molecule has 39 heavy (non-hydrogen) atoms. The van der Waals surface area contributed by atoms with Crippen LogP contribution in [0, 0.1) is 0 Å². The molecule has 0 spiro atoms. The van der Waals surface area contributed by atoms with Crippen molar-refractivity contribution in [3.8, 4) is 22.8 Å². The number of aromatic nitrogens is 5. The molecule has 8 nitrogen and oxygen atoms in total. The van der Waals surface area contributed by atoms with Crippen molar-refractivity contribution in [1.82, 2.24) is 30.0 Å². The summed E-state index contributed by atoms with van der Waals surface area (Å²) in [5.41, 5.74) is 2.99. The van der Waals surface area contributed by atoms with Gasteiger partial charge in [0.05, 0.1) is 18.6 Å². The molecule has 0 fully saturated rings. The van der Waals surface area contributed by atoms with Crippen LogP contribution < -0.4 is 10.1 Å². The van der Waals surface area contributed by atoms with E-state index in [2.05, 4.69) is 25.5 Å². The number of amides is 1. The van der Waals surface area contributed by atoms with E-state index >= 15 is 0 Å². The molecule has 0 saturated heterocycles. The third kappa shape index (κ3) is 6.42. The second kappa shape index (κ2) is 12.6. The standard InChI is InChI=1S/C27H22Cl2N6O2S2/c1-37-23-5-3-2-4-22(23)35-25(18-8-11-30-12-9-18)33-34-27(35)39-16-24-32-21(15-38-24)26(36)31-13-10-17-6-7-19(28)14-20(17)29/h2-9,11-12,14-15H,10,13,16H2,1H3,(H,31,36). The van der Waals surface area contributed by atoms with Crippen molar-refractivity contribution in [3.63, 3.8) is 0 Å². The van der Waals surface area contributed by atoms with Gasteiger partial charge in [-0.1, -0.05) is 53.2 Å². The van der Waals surface area contributed by atoms with Crippen LogP contribution in [0.2, 0.25) is 10.0 Å². The average molecular weight is 598 g/mol. The first-order valence-corrected chi connectivity index (χ1v) is 14.4. The largest absolute Gasteiger partial charge is 0.495 e. The predicted molar refractivity (Wildman–Crippen MR) is 155 cm³/mol. The molecular weight excluding hydrogens is 575 g/mol. The summed E-state index contributed by atoms with van der Waals surface area (Å²) in [7, 11) is 1.63. The quantitative estimate of drug-likeness (QED) is 0.187. The van der Waals surface area contributed by atoms with Crippen molar-refractivity contribution in [1.29, 1.82) is 0 Å². The van der Waals surface area contributed by atoms with Crippen molar-refractivity contribution in [2.75, 3.05) is 13.7 Å². The number of carbonyl (C=O) groups excluding carboxylic acids is 1. The van der Waals surface area contributed by atoms with Gasteiger partial charge in [0.15, 0.2) is 11.0 Å². The maximum Gasteiger partial charge on any atom is 0.270 e. The smallest absolute Gasteiger partial charge is 0.270 e. The fourth-order valence-electron chi connectivity index (χ4n) is 3.82. The highest BCUT2D eigenvalue weighted by Crippen LogP contribution is 2.33. The predicted octanol–water partition coefficient (Wildman–Crippen LogP) is 6.37. The van der Waals surface area contributed by atoms with E-state index in [9.17, 15) is 4.79 Å². The number of nitrogens with zero attached hydrogens (tertiary/aromatic N) is 5. The molecule has 198 valence electrons. The first-order valence-electron chi connectivity index (χ1n) is 11.8. The van der Waals surface area contributed by atoms with E-state index in [1.807, 2.05) is 47.0 Å². The number of nitrogens with one attached hydrogen (secondary N) is 1. The van der Waals surface area contributed by atoms with Crippen LogP contribution in [-0.4, -0.2) is 44.3 Å². The number of hydrogen-bond acceptors (Lipinski definition) is 8. The van der Waals surface area contributed by atoms with Crippen LogP contribution in [0.25, 0.3) is 17.1 Å². The summed E-state index contributed by atoms with van der Waals surface area (Å²) in [6.07, 6.45) is 4.03. The Morgan fingerprint density at radius 1 is 1.10 bits per heavy atom. The molecule has 5 aromatic rings. The SMILES string of the molecule is COc1ccccc1-n1c(SCc2nc(C(=O)NCCc3ccc(Cl)cc3Cl)cs2)nnc1-c1ccncc1. The van der Waals surface area contributed by atoms with Crippen molar-refractivity contribution in [2.24, 2.45) is 0 Å². The Kier molecular flexibility index (Phi) is 8.77. The van der Waals surface area contributed by atoms with Gasteiger partial charge in [0.25, 0.3) is 5.91 Å². The van der Waals surface area contributed by atoms with Gasteiger partial charge in [-0.15, -0.1) is 21.5 Å². The number of thioether (sulfide) groups is 1. The lowest BCUT2D eigenvalue weighted by Gasteiger charge is -2.13. The number of pyridine rings is 1. The zero-order chi connectivity index (χ0) is 27.2. The van der Waals surface area contributed by atoms with Crippen molar-refractivity contribution >= 4 is 52.2 Å². The van der Waals surface area contributed by atoms with Crippen molar-refractivity contribution in [2.45, 2.75) is 17.3 Å². The van der Waals surface area contributed by atoms with Gasteiger partial charge in [0.1, 0.15) is 16.5 Å². The number of benzene rings is 2. The molecule has 0 bridgehead atoms. The first-order chi connectivity index (χ1) is 19.0. The number of para-hydroxylation sites is 2. The van der Waals surface area contributed by atoms with Crippen LogP contribution in [0.3, 0.4) is 0 Å². The zero-order valence-electron chi connectivity index (χ0n) is 20.7. The number of methoxy groups -OCH3 is 1. The van der Waals surface area contributed by atoms with Gasteiger partial charge >= 0.3 is 0 Å². The summed E-state index contributed by atoms with van der Waals surface area (Å²) in [5.74, 6) is 1.65. The minimum atomic E-state index is -0.232. The monoisotopic (exact) mass is 596 g/mol. The second-order valence-electron chi connectivity index (χ2n) is 8.21. The van der Waals surface area contributed by atoms with Gasteiger partial charge in [0, 0.05) is 39.9 Å². The third-order valence-corrected chi connectivity index (χ3v) is 8.26. The highest BCUT2D eigenvalue weighted by atomic mass is 35.5. The number of carbonyl (C=O) groups is 1. The third-order valence-electron chi connectivity index (χ3n) is 5.70. The van der Waals surface area contributed by atoms with Crippen LogP contribution in [0.1, 0.15) is 21.1 Å². The second-order valence-corrected chi connectivity index (χ2v) is 10.9. The normalized spacial score (nSPS) is 10.9. The van der Waals surface area contributed by atoms with E-state index < -0.39 is 0 Å². The number of ether oxygens (including phenoxy) is 1. The molecule has 0 unspecified atom stereocenters. The fraction of sp³-hybridized carbons (Fsp3) is 0.148. The highest BCUT2D eigenvalue weighted by Gasteiger charge is 2.20. The summed E-state index contributed by atoms with van der Waals surface area (Å²) in [5, 5.41) is 16.2. The van der Waals surface area contributed by atoms with E-state index in [4.69, 9.17) is 27.9 Å². The Hall–Kier alpha value is -3.44. The summed E-state index contributed by atoms with van der Waals surface area (Å²) in [6, 6.07) is 16.8. The molecule has 1 amide bonds. The van der Waals surface area contributed by atoms with Crippen LogP contribution in [0.5, 0.6) is 5.75 Å². The van der Waals surface area contributed by atoms with E-state index in [1.54, 1.807) is 37.0 Å². The molecule has 2 aromatic carbocycles. The van der Waals surface area contributed by atoms with Crippen LogP contribution in [-0.2, 0) is 12.2 Å². The zero-order valence-corrected chi connectivity index (χ0v) is 23.8. The molecule has 0 atom stereocenters. The van der Waals surface area contributed by atoms with E-state index in [0.717, 1.165) is 21.8 Å².